The summed E-state index contributed by atoms with van der Waals surface area (Å²) in [6, 6.07) is 9.71. The van der Waals surface area contributed by atoms with E-state index in [1.54, 1.807) is 7.11 Å². The maximum Gasteiger partial charge on any atom is 0.108 e. The molecule has 1 aromatic rings. The van der Waals surface area contributed by atoms with Crippen LogP contribution < -0.4 is 0 Å². The summed E-state index contributed by atoms with van der Waals surface area (Å²) in [7, 11) is 1.64. The third-order valence-electron chi connectivity index (χ3n) is 3.18. The average molecular weight is 246 g/mol. The van der Waals surface area contributed by atoms with Crippen molar-refractivity contribution in [1.29, 1.82) is 0 Å². The third kappa shape index (κ3) is 3.47. The highest BCUT2D eigenvalue weighted by Crippen LogP contribution is 2.30. The molecule has 1 N–H and O–H groups in total. The van der Waals surface area contributed by atoms with Gasteiger partial charge in [0.1, 0.15) is 5.60 Å². The van der Waals surface area contributed by atoms with Crippen molar-refractivity contribution < 1.29 is 9.84 Å². The number of hydrogen-bond donors (Lipinski definition) is 1. The fraction of sp³-hybridized carbons (Fsp3) is 0.375. The van der Waals surface area contributed by atoms with Gasteiger partial charge in [0.25, 0.3) is 0 Å². The van der Waals surface area contributed by atoms with Crippen LogP contribution in [-0.2, 0) is 10.3 Å². The number of hydrogen-bond acceptors (Lipinski definition) is 2. The van der Waals surface area contributed by atoms with Crippen LogP contribution >= 0.6 is 0 Å². The Kier molecular flexibility index (Phi) is 5.17. The number of aliphatic hydroxyl groups is 1. The summed E-state index contributed by atoms with van der Waals surface area (Å²) < 4.78 is 5.10. The number of allylic oxidation sites excluding steroid dienone is 3. The third-order valence-corrected chi connectivity index (χ3v) is 3.18. The van der Waals surface area contributed by atoms with Gasteiger partial charge in [-0.25, -0.2) is 0 Å². The molecule has 0 aliphatic rings. The second-order valence-corrected chi connectivity index (χ2v) is 4.47. The molecule has 0 saturated heterocycles. The Bertz CT molecular complexity index is 428. The second kappa shape index (κ2) is 6.41. The van der Waals surface area contributed by atoms with E-state index in [-0.39, 0.29) is 0 Å². The van der Waals surface area contributed by atoms with Crippen molar-refractivity contribution in [2.45, 2.75) is 32.8 Å². The van der Waals surface area contributed by atoms with Crippen LogP contribution in [0.4, 0.5) is 0 Å². The quantitative estimate of drug-likeness (QED) is 0.633. The van der Waals surface area contributed by atoms with E-state index >= 15 is 0 Å². The van der Waals surface area contributed by atoms with Crippen LogP contribution in [0.1, 0.15) is 32.8 Å². The molecule has 1 unspecified atom stereocenters. The highest BCUT2D eigenvalue weighted by Gasteiger charge is 2.26. The van der Waals surface area contributed by atoms with Crippen molar-refractivity contribution >= 4 is 0 Å². The van der Waals surface area contributed by atoms with Gasteiger partial charge in [-0.05, 0) is 37.5 Å². The minimum absolute atomic E-state index is 0.787. The Morgan fingerprint density at radius 3 is 2.39 bits per heavy atom. The Balaban J connectivity index is 3.08. The molecule has 98 valence electrons. The Labute approximate surface area is 110 Å². The first-order valence-corrected chi connectivity index (χ1v) is 6.22. The predicted octanol–water partition coefficient (Wildman–Crippen LogP) is 3.78. The van der Waals surface area contributed by atoms with Gasteiger partial charge in [-0.15, -0.1) is 0 Å². The van der Waals surface area contributed by atoms with Crippen molar-refractivity contribution in [1.82, 2.24) is 0 Å². The molecule has 0 aliphatic heterocycles. The van der Waals surface area contributed by atoms with Crippen molar-refractivity contribution in [2.75, 3.05) is 7.11 Å². The molecule has 0 aliphatic carbocycles. The lowest BCUT2D eigenvalue weighted by molar-refractivity contribution is 0.0943. The van der Waals surface area contributed by atoms with Gasteiger partial charge in [-0.2, -0.15) is 0 Å². The number of methoxy groups -OCH3 is 1. The van der Waals surface area contributed by atoms with Crippen molar-refractivity contribution in [2.24, 2.45) is 0 Å². The first-order valence-electron chi connectivity index (χ1n) is 6.22. The largest absolute Gasteiger partial charge is 0.501 e. The molecule has 0 aromatic heterocycles. The van der Waals surface area contributed by atoms with E-state index in [1.807, 2.05) is 63.3 Å². The summed E-state index contributed by atoms with van der Waals surface area (Å²) in [5, 5.41) is 10.7. The van der Waals surface area contributed by atoms with E-state index in [0.717, 1.165) is 23.3 Å². The highest BCUT2D eigenvalue weighted by molar-refractivity contribution is 5.33. The van der Waals surface area contributed by atoms with Gasteiger partial charge < -0.3 is 9.84 Å². The Hall–Kier alpha value is -1.54. The van der Waals surface area contributed by atoms with Crippen molar-refractivity contribution in [3.05, 3.63) is 59.4 Å². The summed E-state index contributed by atoms with van der Waals surface area (Å²) in [5.41, 5.74) is 0.923. The van der Waals surface area contributed by atoms with Crippen LogP contribution in [0, 0.1) is 0 Å². The van der Waals surface area contributed by atoms with Crippen molar-refractivity contribution in [3.63, 3.8) is 0 Å². The van der Waals surface area contributed by atoms with Gasteiger partial charge in [0, 0.05) is 0 Å². The Morgan fingerprint density at radius 1 is 1.28 bits per heavy atom. The summed E-state index contributed by atoms with van der Waals surface area (Å²) in [6.45, 7) is 5.76. The van der Waals surface area contributed by atoms with Gasteiger partial charge >= 0.3 is 0 Å². The molecule has 2 nitrogen and oxygen atoms in total. The average Bonchev–Trinajstić information content (AvgIpc) is 2.39. The molecule has 0 bridgehead atoms. The summed E-state index contributed by atoms with van der Waals surface area (Å²) >= 11 is 0. The van der Waals surface area contributed by atoms with Crippen LogP contribution in [0.5, 0.6) is 0 Å². The molecule has 1 aromatic carbocycles. The molecular weight excluding hydrogens is 224 g/mol. The van der Waals surface area contributed by atoms with Crippen LogP contribution in [0.2, 0.25) is 0 Å². The zero-order valence-corrected chi connectivity index (χ0v) is 11.6. The van der Waals surface area contributed by atoms with Crippen LogP contribution in [0.15, 0.2) is 53.8 Å². The van der Waals surface area contributed by atoms with Gasteiger partial charge in [-0.1, -0.05) is 43.3 Å². The van der Waals surface area contributed by atoms with Crippen LogP contribution in [0.3, 0.4) is 0 Å². The van der Waals surface area contributed by atoms with E-state index in [4.69, 9.17) is 4.74 Å². The molecule has 0 radical (unpaired) electrons. The first kappa shape index (κ1) is 14.5. The summed E-state index contributed by atoms with van der Waals surface area (Å²) in [4.78, 5) is 0. The van der Waals surface area contributed by atoms with E-state index in [1.165, 1.54) is 0 Å². The molecular formula is C16H22O2. The first-order chi connectivity index (χ1) is 8.52. The molecule has 1 rings (SSSR count). The van der Waals surface area contributed by atoms with Gasteiger partial charge in [0.2, 0.25) is 0 Å². The normalized spacial score (nSPS) is 16.3. The van der Waals surface area contributed by atoms with Gasteiger partial charge in [0.15, 0.2) is 0 Å². The predicted molar refractivity (Wildman–Crippen MR) is 75.2 cm³/mol. The minimum Gasteiger partial charge on any atom is -0.501 e. The number of benzene rings is 1. The Morgan fingerprint density at radius 2 is 1.89 bits per heavy atom. The maximum absolute atomic E-state index is 10.7. The second-order valence-electron chi connectivity index (χ2n) is 4.47. The molecule has 1 atom stereocenters. The van der Waals surface area contributed by atoms with Crippen molar-refractivity contribution in [3.8, 4) is 0 Å². The molecule has 2 heteroatoms. The topological polar surface area (TPSA) is 29.5 Å². The minimum atomic E-state index is -0.944. The monoisotopic (exact) mass is 246 g/mol. The summed E-state index contributed by atoms with van der Waals surface area (Å²) in [5.74, 6) is 0.824. The molecule has 0 saturated carbocycles. The standard InChI is InChI=1S/C16H22O2/c1-5-14(12-11-13(2)18-4)16(3,17)15-9-7-6-8-10-15/h6-12,17H,5H2,1-4H3/b13-11+,14-12+. The lowest BCUT2D eigenvalue weighted by Gasteiger charge is -2.26. The van der Waals surface area contributed by atoms with E-state index < -0.39 is 5.60 Å². The number of ether oxygens (including phenoxy) is 1. The maximum atomic E-state index is 10.7. The zero-order chi connectivity index (χ0) is 13.6. The van der Waals surface area contributed by atoms with Crippen LogP contribution in [0.25, 0.3) is 0 Å². The van der Waals surface area contributed by atoms with Crippen LogP contribution in [-0.4, -0.2) is 12.2 Å². The number of rotatable bonds is 5. The van der Waals surface area contributed by atoms with E-state index in [9.17, 15) is 5.11 Å². The molecule has 0 heterocycles. The van der Waals surface area contributed by atoms with E-state index in [0.29, 0.717) is 0 Å². The zero-order valence-electron chi connectivity index (χ0n) is 11.6. The summed E-state index contributed by atoms with van der Waals surface area (Å²) in [6.07, 6.45) is 4.61. The SMILES string of the molecule is CC/C(=C\C=C(/C)OC)C(C)(O)c1ccccc1. The van der Waals surface area contributed by atoms with Gasteiger partial charge in [-0.3, -0.25) is 0 Å². The molecule has 0 amide bonds. The fourth-order valence-electron chi connectivity index (χ4n) is 1.86. The molecule has 0 fully saturated rings. The highest BCUT2D eigenvalue weighted by atomic mass is 16.5. The fourth-order valence-corrected chi connectivity index (χ4v) is 1.86. The van der Waals surface area contributed by atoms with E-state index in [2.05, 4.69) is 0 Å². The van der Waals surface area contributed by atoms with Gasteiger partial charge in [0.05, 0.1) is 12.9 Å². The lowest BCUT2D eigenvalue weighted by atomic mass is 9.86. The molecule has 0 spiro atoms. The lowest BCUT2D eigenvalue weighted by Crippen LogP contribution is -2.23. The molecule has 18 heavy (non-hydrogen) atoms. The smallest absolute Gasteiger partial charge is 0.108 e.